The summed E-state index contributed by atoms with van der Waals surface area (Å²) >= 11 is 0. The Morgan fingerprint density at radius 2 is 2.10 bits per heavy atom. The summed E-state index contributed by atoms with van der Waals surface area (Å²) in [5.74, 6) is 0.264. The largest absolute Gasteiger partial charge is 0.508 e. The molecule has 0 saturated heterocycles. The lowest BCUT2D eigenvalue weighted by atomic mass is 10.1. The Morgan fingerprint density at radius 3 is 2.71 bits per heavy atom. The molecule has 2 rings (SSSR count). The van der Waals surface area contributed by atoms with Crippen LogP contribution in [0.1, 0.15) is 45.7 Å². The first-order chi connectivity index (χ1) is 9.74. The van der Waals surface area contributed by atoms with Gasteiger partial charge in [-0.1, -0.05) is 12.1 Å². The molecule has 5 heteroatoms. The second-order valence-corrected chi connectivity index (χ2v) is 6.58. The molecule has 3 N–H and O–H groups in total. The Labute approximate surface area is 125 Å². The average molecular weight is 292 g/mol. The molecule has 3 atom stereocenters. The van der Waals surface area contributed by atoms with Gasteiger partial charge in [-0.25, -0.2) is 4.79 Å². The zero-order chi connectivity index (χ0) is 15.6. The Hall–Kier alpha value is -1.75. The van der Waals surface area contributed by atoms with E-state index in [2.05, 4.69) is 10.6 Å². The van der Waals surface area contributed by atoms with Crippen LogP contribution in [0.5, 0.6) is 5.75 Å². The van der Waals surface area contributed by atoms with E-state index in [0.717, 1.165) is 12.0 Å². The number of phenolic OH excluding ortho intramolecular Hbond substituents is 1. The number of phenols is 1. The number of ether oxygens (including phenoxy) is 1. The molecule has 0 aromatic heterocycles. The van der Waals surface area contributed by atoms with E-state index < -0.39 is 5.60 Å². The lowest BCUT2D eigenvalue weighted by Crippen LogP contribution is -2.37. The van der Waals surface area contributed by atoms with E-state index in [0.29, 0.717) is 0 Å². The minimum absolute atomic E-state index is 0.111. The maximum atomic E-state index is 11.7. The number of carbonyl (C=O) groups is 1. The lowest BCUT2D eigenvalue weighted by Gasteiger charge is -2.20. The first kappa shape index (κ1) is 15.6. The number of hydrogen-bond acceptors (Lipinski definition) is 4. The number of benzene rings is 1. The molecule has 1 aliphatic rings. The van der Waals surface area contributed by atoms with Crippen LogP contribution < -0.4 is 10.6 Å². The van der Waals surface area contributed by atoms with E-state index in [1.807, 2.05) is 39.8 Å². The van der Waals surface area contributed by atoms with E-state index in [-0.39, 0.29) is 30.0 Å². The number of amides is 1. The third-order valence-electron chi connectivity index (χ3n) is 3.33. The number of rotatable bonds is 4. The monoisotopic (exact) mass is 292 g/mol. The average Bonchev–Trinajstić information content (AvgIpc) is 3.04. The summed E-state index contributed by atoms with van der Waals surface area (Å²) in [5.41, 5.74) is 0.550. The number of alkyl carbamates (subject to hydrolysis) is 1. The van der Waals surface area contributed by atoms with Crippen molar-refractivity contribution in [3.63, 3.8) is 0 Å². The molecule has 3 unspecified atom stereocenters. The first-order valence-corrected chi connectivity index (χ1v) is 7.29. The van der Waals surface area contributed by atoms with Crippen molar-refractivity contribution in [3.05, 3.63) is 29.8 Å². The van der Waals surface area contributed by atoms with Crippen LogP contribution in [-0.4, -0.2) is 28.9 Å². The maximum absolute atomic E-state index is 11.7. The van der Waals surface area contributed by atoms with E-state index in [4.69, 9.17) is 4.74 Å². The molecule has 21 heavy (non-hydrogen) atoms. The Balaban J connectivity index is 1.78. The maximum Gasteiger partial charge on any atom is 0.407 e. The first-order valence-electron chi connectivity index (χ1n) is 7.29. The van der Waals surface area contributed by atoms with E-state index in [9.17, 15) is 9.90 Å². The van der Waals surface area contributed by atoms with Crippen molar-refractivity contribution in [1.29, 1.82) is 0 Å². The minimum Gasteiger partial charge on any atom is -0.508 e. The highest BCUT2D eigenvalue weighted by atomic mass is 16.6. The van der Waals surface area contributed by atoms with Crippen molar-refractivity contribution >= 4 is 6.09 Å². The van der Waals surface area contributed by atoms with Crippen LogP contribution in [0, 0.1) is 0 Å². The SMILES string of the molecule is CC(NC1CC1NC(=O)OC(C)(C)C)c1cccc(O)c1. The van der Waals surface area contributed by atoms with E-state index >= 15 is 0 Å². The van der Waals surface area contributed by atoms with Crippen molar-refractivity contribution in [2.75, 3.05) is 0 Å². The molecular weight excluding hydrogens is 268 g/mol. The molecule has 1 aromatic rings. The standard InChI is InChI=1S/C16H24N2O3/c1-10(11-6-5-7-12(19)8-11)17-13-9-14(13)18-15(20)21-16(2,3)4/h5-8,10,13-14,17,19H,9H2,1-4H3,(H,18,20). The van der Waals surface area contributed by atoms with Crippen molar-refractivity contribution in [3.8, 4) is 5.75 Å². The molecule has 0 bridgehead atoms. The van der Waals surface area contributed by atoms with Crippen LogP contribution in [-0.2, 0) is 4.74 Å². The zero-order valence-electron chi connectivity index (χ0n) is 13.0. The van der Waals surface area contributed by atoms with Crippen LogP contribution in [0.2, 0.25) is 0 Å². The van der Waals surface area contributed by atoms with Gasteiger partial charge in [-0.05, 0) is 51.8 Å². The van der Waals surface area contributed by atoms with Crippen LogP contribution in [0.15, 0.2) is 24.3 Å². The fourth-order valence-corrected chi connectivity index (χ4v) is 2.21. The van der Waals surface area contributed by atoms with Gasteiger partial charge < -0.3 is 20.5 Å². The van der Waals surface area contributed by atoms with Gasteiger partial charge in [-0.15, -0.1) is 0 Å². The Kier molecular flexibility index (Phi) is 4.42. The highest BCUT2D eigenvalue weighted by Crippen LogP contribution is 2.26. The summed E-state index contributed by atoms with van der Waals surface area (Å²) in [6.45, 7) is 7.58. The summed E-state index contributed by atoms with van der Waals surface area (Å²) in [4.78, 5) is 11.7. The van der Waals surface area contributed by atoms with Gasteiger partial charge in [0.05, 0.1) is 0 Å². The normalized spacial score (nSPS) is 22.5. The number of hydrogen-bond donors (Lipinski definition) is 3. The minimum atomic E-state index is -0.475. The van der Waals surface area contributed by atoms with Gasteiger partial charge in [-0.3, -0.25) is 0 Å². The van der Waals surface area contributed by atoms with Crippen LogP contribution in [0.25, 0.3) is 0 Å². The molecule has 1 aromatic carbocycles. The van der Waals surface area contributed by atoms with Crippen LogP contribution in [0.4, 0.5) is 4.79 Å². The van der Waals surface area contributed by atoms with E-state index in [1.54, 1.807) is 12.1 Å². The summed E-state index contributed by atoms with van der Waals surface area (Å²) in [6.07, 6.45) is 0.518. The fraction of sp³-hybridized carbons (Fsp3) is 0.562. The van der Waals surface area contributed by atoms with Gasteiger partial charge in [0.2, 0.25) is 0 Å². The molecule has 0 aliphatic heterocycles. The van der Waals surface area contributed by atoms with Gasteiger partial charge >= 0.3 is 6.09 Å². The third-order valence-corrected chi connectivity index (χ3v) is 3.33. The second kappa shape index (κ2) is 5.93. The Bertz CT molecular complexity index is 510. The smallest absolute Gasteiger partial charge is 0.407 e. The highest BCUT2D eigenvalue weighted by Gasteiger charge is 2.40. The zero-order valence-corrected chi connectivity index (χ0v) is 13.0. The number of nitrogens with one attached hydrogen (secondary N) is 2. The third kappa shape index (κ3) is 4.93. The lowest BCUT2D eigenvalue weighted by molar-refractivity contribution is 0.0522. The predicted molar refractivity (Wildman–Crippen MR) is 81.2 cm³/mol. The molecule has 1 saturated carbocycles. The van der Waals surface area contributed by atoms with Crippen molar-refractivity contribution in [2.24, 2.45) is 0 Å². The molecule has 0 radical (unpaired) electrons. The fourth-order valence-electron chi connectivity index (χ4n) is 2.21. The number of carbonyl (C=O) groups excluding carboxylic acids is 1. The molecule has 1 aliphatic carbocycles. The summed E-state index contributed by atoms with van der Waals surface area (Å²) in [7, 11) is 0. The van der Waals surface area contributed by atoms with Gasteiger partial charge in [0.1, 0.15) is 11.4 Å². The van der Waals surface area contributed by atoms with Crippen molar-refractivity contribution in [2.45, 2.75) is 57.8 Å². The van der Waals surface area contributed by atoms with E-state index in [1.165, 1.54) is 0 Å². The highest BCUT2D eigenvalue weighted by molar-refractivity contribution is 5.68. The van der Waals surface area contributed by atoms with Gasteiger partial charge in [0.15, 0.2) is 0 Å². The molecule has 1 fully saturated rings. The van der Waals surface area contributed by atoms with Gasteiger partial charge in [0.25, 0.3) is 0 Å². The Morgan fingerprint density at radius 1 is 1.38 bits per heavy atom. The summed E-state index contributed by atoms with van der Waals surface area (Å²) in [5, 5.41) is 15.8. The summed E-state index contributed by atoms with van der Waals surface area (Å²) in [6, 6.07) is 7.67. The summed E-state index contributed by atoms with van der Waals surface area (Å²) < 4.78 is 5.23. The topological polar surface area (TPSA) is 70.6 Å². The quantitative estimate of drug-likeness (QED) is 0.798. The molecular formula is C16H24N2O3. The number of aromatic hydroxyl groups is 1. The van der Waals surface area contributed by atoms with Gasteiger partial charge in [0, 0.05) is 18.1 Å². The van der Waals surface area contributed by atoms with Crippen molar-refractivity contribution < 1.29 is 14.6 Å². The molecule has 0 heterocycles. The molecule has 1 amide bonds. The predicted octanol–water partition coefficient (Wildman–Crippen LogP) is 2.71. The van der Waals surface area contributed by atoms with Crippen LogP contribution >= 0.6 is 0 Å². The van der Waals surface area contributed by atoms with Gasteiger partial charge in [-0.2, -0.15) is 0 Å². The van der Waals surface area contributed by atoms with Crippen molar-refractivity contribution in [1.82, 2.24) is 10.6 Å². The molecule has 0 spiro atoms. The van der Waals surface area contributed by atoms with Crippen LogP contribution in [0.3, 0.4) is 0 Å². The molecule has 116 valence electrons. The molecule has 5 nitrogen and oxygen atoms in total. The second-order valence-electron chi connectivity index (χ2n) is 6.58.